The summed E-state index contributed by atoms with van der Waals surface area (Å²) in [5.41, 5.74) is 5.82. The van der Waals surface area contributed by atoms with Gasteiger partial charge in [-0.05, 0) is 86.7 Å². The predicted molar refractivity (Wildman–Crippen MR) is 115 cm³/mol. The Kier molecular flexibility index (Phi) is 4.49. The molecule has 8 heteroatoms. The molecule has 4 saturated carbocycles. The van der Waals surface area contributed by atoms with E-state index in [1.165, 1.54) is 30.6 Å². The van der Waals surface area contributed by atoms with Crippen LogP contribution in [0.2, 0.25) is 0 Å². The molecule has 1 aromatic heterocycles. The Morgan fingerprint density at radius 3 is 2.72 bits per heavy atom. The Morgan fingerprint density at radius 2 is 2.03 bits per heavy atom. The minimum Gasteiger partial charge on any atom is -0.474 e. The Labute approximate surface area is 187 Å². The number of fused-ring (bicyclic) bond motifs is 2. The van der Waals surface area contributed by atoms with Crippen LogP contribution in [0.1, 0.15) is 68.1 Å². The van der Waals surface area contributed by atoms with Crippen LogP contribution in [0.15, 0.2) is 18.3 Å². The van der Waals surface area contributed by atoms with Crippen LogP contribution in [0.25, 0.3) is 0 Å². The summed E-state index contributed by atoms with van der Waals surface area (Å²) in [6.07, 6.45) is 10.9. The molecule has 5 fully saturated rings. The minimum absolute atomic E-state index is 0.00971. The normalized spacial score (nSPS) is 39.7. The Bertz CT molecular complexity index is 967. The van der Waals surface area contributed by atoms with Gasteiger partial charge in [0.15, 0.2) is 0 Å². The SMILES string of the molecule is NC(=O)c1cccnc1O[C@H]1CC2(C1)C[C@H](N1C(=O)NC(CC3CC4CCC3C4)C1=O)C2. The van der Waals surface area contributed by atoms with Crippen molar-refractivity contribution in [1.29, 1.82) is 0 Å². The van der Waals surface area contributed by atoms with Gasteiger partial charge in [0.1, 0.15) is 17.7 Å². The third kappa shape index (κ3) is 3.18. The lowest BCUT2D eigenvalue weighted by molar-refractivity contribution is -0.141. The van der Waals surface area contributed by atoms with Gasteiger partial charge >= 0.3 is 6.03 Å². The summed E-state index contributed by atoms with van der Waals surface area (Å²) < 4.78 is 5.92. The molecular formula is C24H30N4O4. The number of rotatable bonds is 6. The standard InChI is InChI=1S/C24H30N4O4/c25-20(29)18-2-1-5-26-21(18)32-17-11-24(12-17)9-16(10-24)28-22(30)19(27-23(28)31)8-15-7-13-3-4-14(15)6-13/h1-2,5,13-17,19H,3-4,6-12H2,(H2,25,29)(H,27,31)/t13?,14?,15?,16-,17-,19?,24?. The number of imide groups is 1. The fourth-order valence-corrected chi connectivity index (χ4v) is 7.30. The van der Waals surface area contributed by atoms with Gasteiger partial charge in [-0.3, -0.25) is 14.5 Å². The van der Waals surface area contributed by atoms with Crippen molar-refractivity contribution in [3.8, 4) is 5.88 Å². The molecule has 32 heavy (non-hydrogen) atoms. The first-order valence-electron chi connectivity index (χ1n) is 12.0. The van der Waals surface area contributed by atoms with Crippen molar-refractivity contribution in [2.24, 2.45) is 28.9 Å². The van der Waals surface area contributed by atoms with Crippen LogP contribution in [0.3, 0.4) is 0 Å². The molecule has 1 aliphatic heterocycles. The smallest absolute Gasteiger partial charge is 0.325 e. The highest BCUT2D eigenvalue weighted by molar-refractivity contribution is 6.04. The maximum atomic E-state index is 13.0. The lowest BCUT2D eigenvalue weighted by atomic mass is 9.52. The molecule has 4 amide bonds. The van der Waals surface area contributed by atoms with Crippen LogP contribution in [-0.2, 0) is 4.79 Å². The average molecular weight is 439 g/mol. The Balaban J connectivity index is 1.02. The fourth-order valence-electron chi connectivity index (χ4n) is 7.30. The van der Waals surface area contributed by atoms with Crippen molar-refractivity contribution in [2.45, 2.75) is 76.0 Å². The average Bonchev–Trinajstić information content (AvgIpc) is 3.39. The molecule has 2 heterocycles. The van der Waals surface area contributed by atoms with E-state index in [-0.39, 0.29) is 41.4 Å². The molecule has 4 unspecified atom stereocenters. The summed E-state index contributed by atoms with van der Waals surface area (Å²) in [7, 11) is 0. The molecule has 3 N–H and O–H groups in total. The van der Waals surface area contributed by atoms with E-state index in [1.54, 1.807) is 18.3 Å². The lowest BCUT2D eigenvalue weighted by Gasteiger charge is -2.58. The monoisotopic (exact) mass is 438 g/mol. The van der Waals surface area contributed by atoms with Crippen molar-refractivity contribution >= 4 is 17.8 Å². The molecule has 6 rings (SSSR count). The van der Waals surface area contributed by atoms with E-state index in [0.29, 0.717) is 11.5 Å². The number of carbonyl (C=O) groups is 3. The molecule has 2 bridgehead atoms. The summed E-state index contributed by atoms with van der Waals surface area (Å²) in [4.78, 5) is 42.8. The van der Waals surface area contributed by atoms with Crippen LogP contribution in [-0.4, -0.2) is 45.9 Å². The zero-order valence-corrected chi connectivity index (χ0v) is 18.2. The van der Waals surface area contributed by atoms with E-state index in [2.05, 4.69) is 10.3 Å². The molecule has 8 nitrogen and oxygen atoms in total. The van der Waals surface area contributed by atoms with E-state index >= 15 is 0 Å². The second kappa shape index (κ2) is 7.18. The first-order chi connectivity index (χ1) is 15.4. The number of nitrogens with one attached hydrogen (secondary N) is 1. The third-order valence-electron chi connectivity index (χ3n) is 8.81. The van der Waals surface area contributed by atoms with Crippen LogP contribution >= 0.6 is 0 Å². The van der Waals surface area contributed by atoms with Gasteiger partial charge in [-0.2, -0.15) is 0 Å². The number of ether oxygens (including phenoxy) is 1. The molecule has 4 aliphatic carbocycles. The maximum absolute atomic E-state index is 13.0. The Morgan fingerprint density at radius 1 is 1.22 bits per heavy atom. The molecule has 4 atom stereocenters. The van der Waals surface area contributed by atoms with Crippen LogP contribution < -0.4 is 15.8 Å². The number of hydrogen-bond acceptors (Lipinski definition) is 5. The first kappa shape index (κ1) is 20.0. The summed E-state index contributed by atoms with van der Waals surface area (Å²) in [5, 5.41) is 2.97. The second-order valence-corrected chi connectivity index (χ2v) is 10.8. The molecule has 1 spiro atoms. The number of primary amides is 1. The zero-order valence-electron chi connectivity index (χ0n) is 18.2. The molecule has 1 aromatic rings. The van der Waals surface area contributed by atoms with E-state index in [9.17, 15) is 14.4 Å². The third-order valence-corrected chi connectivity index (χ3v) is 8.81. The van der Waals surface area contributed by atoms with Gasteiger partial charge in [-0.1, -0.05) is 6.42 Å². The van der Waals surface area contributed by atoms with Crippen molar-refractivity contribution in [3.63, 3.8) is 0 Å². The summed E-state index contributed by atoms with van der Waals surface area (Å²) in [6, 6.07) is 2.72. The van der Waals surface area contributed by atoms with Crippen molar-refractivity contribution < 1.29 is 19.1 Å². The number of pyridine rings is 1. The van der Waals surface area contributed by atoms with Crippen molar-refractivity contribution in [2.75, 3.05) is 0 Å². The van der Waals surface area contributed by atoms with E-state index in [4.69, 9.17) is 10.5 Å². The predicted octanol–water partition coefficient (Wildman–Crippen LogP) is 2.62. The molecule has 170 valence electrons. The van der Waals surface area contributed by atoms with Gasteiger partial charge < -0.3 is 15.8 Å². The number of aromatic nitrogens is 1. The van der Waals surface area contributed by atoms with Gasteiger partial charge in [0.2, 0.25) is 5.88 Å². The number of amides is 4. The number of nitrogens with zero attached hydrogens (tertiary/aromatic N) is 2. The van der Waals surface area contributed by atoms with Gasteiger partial charge in [0.25, 0.3) is 11.8 Å². The lowest BCUT2D eigenvalue weighted by Crippen LogP contribution is -2.60. The summed E-state index contributed by atoms with van der Waals surface area (Å²) in [6.45, 7) is 0. The van der Waals surface area contributed by atoms with Crippen LogP contribution in [0, 0.1) is 23.2 Å². The highest BCUT2D eigenvalue weighted by atomic mass is 16.5. The largest absolute Gasteiger partial charge is 0.474 e. The number of hydrogen-bond donors (Lipinski definition) is 2. The fraction of sp³-hybridized carbons (Fsp3) is 0.667. The van der Waals surface area contributed by atoms with Crippen LogP contribution in [0.5, 0.6) is 5.88 Å². The number of urea groups is 1. The molecule has 0 aromatic carbocycles. The van der Waals surface area contributed by atoms with E-state index in [1.807, 2.05) is 0 Å². The highest BCUT2D eigenvalue weighted by Crippen LogP contribution is 2.58. The topological polar surface area (TPSA) is 115 Å². The van der Waals surface area contributed by atoms with Gasteiger partial charge in [0.05, 0.1) is 0 Å². The maximum Gasteiger partial charge on any atom is 0.325 e. The minimum atomic E-state index is -0.551. The van der Waals surface area contributed by atoms with Crippen molar-refractivity contribution in [1.82, 2.24) is 15.2 Å². The number of nitrogens with two attached hydrogens (primary N) is 1. The van der Waals surface area contributed by atoms with Gasteiger partial charge in [-0.25, -0.2) is 9.78 Å². The Hall–Kier alpha value is -2.64. The molecule has 0 radical (unpaired) electrons. The zero-order chi connectivity index (χ0) is 22.0. The van der Waals surface area contributed by atoms with Crippen molar-refractivity contribution in [3.05, 3.63) is 23.9 Å². The highest BCUT2D eigenvalue weighted by Gasteiger charge is 2.59. The molecule has 1 saturated heterocycles. The molecular weight excluding hydrogens is 408 g/mol. The number of carbonyl (C=O) groups excluding carboxylic acids is 3. The van der Waals surface area contributed by atoms with Gasteiger partial charge in [-0.15, -0.1) is 0 Å². The molecule has 5 aliphatic rings. The first-order valence-corrected chi connectivity index (χ1v) is 12.0. The van der Waals surface area contributed by atoms with Gasteiger partial charge in [0, 0.05) is 12.2 Å². The summed E-state index contributed by atoms with van der Waals surface area (Å²) in [5.74, 6) is 1.91. The van der Waals surface area contributed by atoms with E-state index in [0.717, 1.165) is 43.9 Å². The second-order valence-electron chi connectivity index (χ2n) is 10.8. The summed E-state index contributed by atoms with van der Waals surface area (Å²) >= 11 is 0. The quantitative estimate of drug-likeness (QED) is 0.663. The van der Waals surface area contributed by atoms with Crippen LogP contribution in [0.4, 0.5) is 4.79 Å². The van der Waals surface area contributed by atoms with E-state index < -0.39 is 5.91 Å².